The molecule has 0 saturated carbocycles. The van der Waals surface area contributed by atoms with Crippen LogP contribution in [0, 0.1) is 11.5 Å². The van der Waals surface area contributed by atoms with Crippen LogP contribution in [-0.4, -0.2) is 53.6 Å². The summed E-state index contributed by atoms with van der Waals surface area (Å²) in [6.45, 7) is 10.7. The van der Waals surface area contributed by atoms with Crippen molar-refractivity contribution in [1.82, 2.24) is 0 Å². The fourth-order valence-corrected chi connectivity index (χ4v) is 2.69. The number of benzene rings is 1. The number of rotatable bonds is 1. The van der Waals surface area contributed by atoms with Crippen molar-refractivity contribution in [3.63, 3.8) is 0 Å². The number of fused-ring (bicyclic) bond motifs is 1. The van der Waals surface area contributed by atoms with Gasteiger partial charge >= 0.3 is 0 Å². The maximum absolute atomic E-state index is 11.6. The van der Waals surface area contributed by atoms with Crippen molar-refractivity contribution in [2.45, 2.75) is 26.6 Å². The molecule has 0 fully saturated rings. The van der Waals surface area contributed by atoms with Crippen LogP contribution >= 0.6 is 0 Å². The Bertz CT molecular complexity index is 688. The smallest absolute Gasteiger partial charge is 0.221 e. The highest BCUT2D eigenvalue weighted by molar-refractivity contribution is 6.83. The molecule has 6 nitrogen and oxygen atoms in total. The quantitative estimate of drug-likeness (QED) is 0.602. The predicted molar refractivity (Wildman–Crippen MR) is 104 cm³/mol. The topological polar surface area (TPSA) is 66.0 Å². The van der Waals surface area contributed by atoms with Gasteiger partial charge in [0.15, 0.2) is 11.5 Å². The number of amides is 1. The summed E-state index contributed by atoms with van der Waals surface area (Å²) in [6, 6.07) is 3.58. The van der Waals surface area contributed by atoms with Crippen LogP contribution < -0.4 is 14.8 Å². The molecular weight excluding hydrogens is 350 g/mol. The van der Waals surface area contributed by atoms with Gasteiger partial charge in [0, 0.05) is 19.1 Å². The molecule has 0 unspecified atom stereocenters. The highest BCUT2D eigenvalue weighted by Gasteiger charge is 2.14. The standard InChI is InChI=1S/C19H27NO5Si/c1-15(21)20-17-14-19-18(13-16(17)5-12-26(2,3)4)24-10-8-22-6-7-23-9-11-25-19/h13-14H,6-11H2,1-4H3,(H,20,21). The molecule has 1 amide bonds. The lowest BCUT2D eigenvalue weighted by atomic mass is 10.1. The maximum atomic E-state index is 11.6. The van der Waals surface area contributed by atoms with Crippen molar-refractivity contribution in [1.29, 1.82) is 0 Å². The zero-order valence-electron chi connectivity index (χ0n) is 15.9. The Labute approximate surface area is 156 Å². The Morgan fingerprint density at radius 1 is 0.962 bits per heavy atom. The second-order valence-electron chi connectivity index (χ2n) is 6.95. The molecule has 0 radical (unpaired) electrons. The minimum Gasteiger partial charge on any atom is -0.487 e. The van der Waals surface area contributed by atoms with E-state index in [-0.39, 0.29) is 5.91 Å². The van der Waals surface area contributed by atoms with Gasteiger partial charge in [0.05, 0.1) is 37.7 Å². The first-order valence-electron chi connectivity index (χ1n) is 8.75. The van der Waals surface area contributed by atoms with Crippen LogP contribution in [0.3, 0.4) is 0 Å². The van der Waals surface area contributed by atoms with Crippen molar-refractivity contribution in [3.05, 3.63) is 17.7 Å². The fourth-order valence-electron chi connectivity index (χ4n) is 2.18. The Kier molecular flexibility index (Phi) is 7.51. The van der Waals surface area contributed by atoms with Crippen LogP contribution in [0.2, 0.25) is 19.6 Å². The Morgan fingerprint density at radius 2 is 1.50 bits per heavy atom. The van der Waals surface area contributed by atoms with E-state index in [9.17, 15) is 4.79 Å². The van der Waals surface area contributed by atoms with Crippen molar-refractivity contribution in [2.24, 2.45) is 0 Å². The molecule has 26 heavy (non-hydrogen) atoms. The maximum Gasteiger partial charge on any atom is 0.221 e. The zero-order chi connectivity index (χ0) is 19.0. The molecule has 0 saturated heterocycles. The lowest BCUT2D eigenvalue weighted by Crippen LogP contribution is -2.17. The molecule has 1 aromatic rings. The van der Waals surface area contributed by atoms with Crippen LogP contribution in [-0.2, 0) is 14.3 Å². The first kappa shape index (κ1) is 20.3. The predicted octanol–water partition coefficient (Wildman–Crippen LogP) is 2.68. The van der Waals surface area contributed by atoms with Gasteiger partial charge < -0.3 is 24.3 Å². The molecule has 7 heteroatoms. The number of nitrogens with one attached hydrogen (secondary N) is 1. The summed E-state index contributed by atoms with van der Waals surface area (Å²) in [5.41, 5.74) is 4.66. The molecule has 1 heterocycles. The minimum atomic E-state index is -1.57. The molecule has 0 aliphatic carbocycles. The van der Waals surface area contributed by atoms with Gasteiger partial charge in [-0.25, -0.2) is 0 Å². The largest absolute Gasteiger partial charge is 0.487 e. The van der Waals surface area contributed by atoms with E-state index in [1.807, 2.05) is 6.07 Å². The molecule has 0 spiro atoms. The SMILES string of the molecule is CC(=O)Nc1cc2c(cc1C#C[Si](C)(C)C)OCCOCCOCCO2. The van der Waals surface area contributed by atoms with E-state index >= 15 is 0 Å². The minimum absolute atomic E-state index is 0.160. The summed E-state index contributed by atoms with van der Waals surface area (Å²) in [4.78, 5) is 11.6. The van der Waals surface area contributed by atoms with Gasteiger partial charge in [-0.1, -0.05) is 25.6 Å². The van der Waals surface area contributed by atoms with E-state index < -0.39 is 8.07 Å². The normalized spacial score (nSPS) is 15.7. The van der Waals surface area contributed by atoms with E-state index in [0.717, 1.165) is 0 Å². The van der Waals surface area contributed by atoms with Crippen LogP contribution in [0.25, 0.3) is 0 Å². The number of hydrogen-bond acceptors (Lipinski definition) is 5. The number of carbonyl (C=O) groups is 1. The highest BCUT2D eigenvalue weighted by atomic mass is 28.3. The Morgan fingerprint density at radius 3 is 2.04 bits per heavy atom. The van der Waals surface area contributed by atoms with Gasteiger partial charge in [-0.15, -0.1) is 5.54 Å². The van der Waals surface area contributed by atoms with Crippen molar-refractivity contribution in [3.8, 4) is 23.0 Å². The first-order chi connectivity index (χ1) is 12.3. The van der Waals surface area contributed by atoms with Gasteiger partial charge in [-0.3, -0.25) is 4.79 Å². The molecular formula is C19H27NO5Si. The molecule has 0 atom stereocenters. The van der Waals surface area contributed by atoms with E-state index in [1.54, 1.807) is 6.07 Å². The monoisotopic (exact) mass is 377 g/mol. The van der Waals surface area contributed by atoms with E-state index in [2.05, 4.69) is 36.4 Å². The van der Waals surface area contributed by atoms with Crippen LogP contribution in [0.15, 0.2) is 12.1 Å². The number of hydrogen-bond donors (Lipinski definition) is 1. The van der Waals surface area contributed by atoms with Crippen LogP contribution in [0.1, 0.15) is 12.5 Å². The van der Waals surface area contributed by atoms with Crippen LogP contribution in [0.5, 0.6) is 11.5 Å². The lowest BCUT2D eigenvalue weighted by Gasteiger charge is -2.17. The number of carbonyl (C=O) groups excluding carboxylic acids is 1. The van der Waals surface area contributed by atoms with Crippen molar-refractivity contribution < 1.29 is 23.7 Å². The fraction of sp³-hybridized carbons (Fsp3) is 0.526. The van der Waals surface area contributed by atoms with Gasteiger partial charge in [0.25, 0.3) is 0 Å². The second kappa shape index (κ2) is 9.62. The van der Waals surface area contributed by atoms with Gasteiger partial charge in [-0.2, -0.15) is 0 Å². The molecule has 2 rings (SSSR count). The summed E-state index contributed by atoms with van der Waals surface area (Å²) in [7, 11) is -1.57. The molecule has 0 aromatic heterocycles. The molecule has 0 bridgehead atoms. The average molecular weight is 378 g/mol. The second-order valence-corrected chi connectivity index (χ2v) is 11.7. The third-order valence-corrected chi connectivity index (χ3v) is 4.18. The Balaban J connectivity index is 2.38. The highest BCUT2D eigenvalue weighted by Crippen LogP contribution is 2.34. The van der Waals surface area contributed by atoms with Crippen molar-refractivity contribution in [2.75, 3.05) is 45.0 Å². The molecule has 1 aliphatic heterocycles. The third kappa shape index (κ3) is 7.08. The molecule has 1 N–H and O–H groups in total. The molecule has 142 valence electrons. The van der Waals surface area contributed by atoms with Gasteiger partial charge in [0.1, 0.15) is 21.3 Å². The molecule has 1 aromatic carbocycles. The van der Waals surface area contributed by atoms with Gasteiger partial charge in [-0.05, 0) is 0 Å². The van der Waals surface area contributed by atoms with Crippen molar-refractivity contribution >= 4 is 19.7 Å². The zero-order valence-corrected chi connectivity index (χ0v) is 16.9. The summed E-state index contributed by atoms with van der Waals surface area (Å²) >= 11 is 0. The first-order valence-corrected chi connectivity index (χ1v) is 12.2. The summed E-state index contributed by atoms with van der Waals surface area (Å²) in [5.74, 6) is 4.18. The van der Waals surface area contributed by atoms with E-state index in [1.165, 1.54) is 6.92 Å². The van der Waals surface area contributed by atoms with Gasteiger partial charge in [0.2, 0.25) is 5.91 Å². The number of ether oxygens (including phenoxy) is 4. The molecule has 1 aliphatic rings. The van der Waals surface area contributed by atoms with E-state index in [4.69, 9.17) is 18.9 Å². The average Bonchev–Trinajstić information content (AvgIpc) is 2.53. The summed E-state index contributed by atoms with van der Waals surface area (Å²) in [5, 5.41) is 2.83. The van der Waals surface area contributed by atoms with E-state index in [0.29, 0.717) is 62.4 Å². The number of anilines is 1. The lowest BCUT2D eigenvalue weighted by molar-refractivity contribution is -0.114. The third-order valence-electron chi connectivity index (χ3n) is 3.31. The summed E-state index contributed by atoms with van der Waals surface area (Å²) < 4.78 is 22.5. The summed E-state index contributed by atoms with van der Waals surface area (Å²) in [6.07, 6.45) is 0. The van der Waals surface area contributed by atoms with Crippen LogP contribution in [0.4, 0.5) is 5.69 Å². The Hall–Kier alpha value is -2.01.